The van der Waals surface area contributed by atoms with Crippen LogP contribution < -0.4 is 15.4 Å². The van der Waals surface area contributed by atoms with Crippen molar-refractivity contribution in [1.29, 1.82) is 0 Å². The van der Waals surface area contributed by atoms with Crippen molar-refractivity contribution in [2.75, 3.05) is 65.6 Å². The molecule has 0 bridgehead atoms. The Morgan fingerprint density at radius 1 is 1.10 bits per heavy atom. The average Bonchev–Trinajstić information content (AvgIpc) is 2.80. The maximum Gasteiger partial charge on any atom is 0.191 e. The van der Waals surface area contributed by atoms with Gasteiger partial charge in [0.2, 0.25) is 0 Å². The Labute approximate surface area is 189 Å². The molecule has 2 N–H and O–H groups in total. The quantitative estimate of drug-likeness (QED) is 0.390. The van der Waals surface area contributed by atoms with E-state index in [9.17, 15) is 0 Å². The molecule has 7 nitrogen and oxygen atoms in total. The highest BCUT2D eigenvalue weighted by molar-refractivity contribution is 5.79. The zero-order valence-electron chi connectivity index (χ0n) is 20.2. The van der Waals surface area contributed by atoms with E-state index < -0.39 is 0 Å². The molecule has 0 saturated carbocycles. The van der Waals surface area contributed by atoms with E-state index in [-0.39, 0.29) is 5.54 Å². The highest BCUT2D eigenvalue weighted by atomic mass is 16.5. The molecule has 0 unspecified atom stereocenters. The van der Waals surface area contributed by atoms with Gasteiger partial charge >= 0.3 is 0 Å². The Morgan fingerprint density at radius 3 is 2.39 bits per heavy atom. The fourth-order valence-corrected chi connectivity index (χ4v) is 3.62. The van der Waals surface area contributed by atoms with Crippen LogP contribution in [0.5, 0.6) is 5.75 Å². The summed E-state index contributed by atoms with van der Waals surface area (Å²) in [4.78, 5) is 9.61. The van der Waals surface area contributed by atoms with Gasteiger partial charge in [-0.2, -0.15) is 0 Å². The molecule has 7 heteroatoms. The van der Waals surface area contributed by atoms with Crippen molar-refractivity contribution in [2.24, 2.45) is 4.99 Å². The van der Waals surface area contributed by atoms with E-state index in [1.807, 2.05) is 12.1 Å². The maximum atomic E-state index is 5.88. The van der Waals surface area contributed by atoms with Crippen LogP contribution in [0.3, 0.4) is 0 Å². The summed E-state index contributed by atoms with van der Waals surface area (Å²) in [6, 6.07) is 8.26. The Balaban J connectivity index is 1.83. The summed E-state index contributed by atoms with van der Waals surface area (Å²) in [6.07, 6.45) is 0. The first-order valence-corrected chi connectivity index (χ1v) is 11.8. The van der Waals surface area contributed by atoms with Gasteiger partial charge in [-0.3, -0.25) is 4.90 Å². The second-order valence-electron chi connectivity index (χ2n) is 8.48. The lowest BCUT2D eigenvalue weighted by Gasteiger charge is -2.41. The number of likely N-dealkylation sites (N-methyl/N-ethyl adjacent to an activating group) is 1. The molecule has 31 heavy (non-hydrogen) atoms. The van der Waals surface area contributed by atoms with Gasteiger partial charge in [0.25, 0.3) is 0 Å². The summed E-state index contributed by atoms with van der Waals surface area (Å²) in [5.74, 6) is 1.76. The van der Waals surface area contributed by atoms with Crippen LogP contribution in [0.15, 0.2) is 29.3 Å². The van der Waals surface area contributed by atoms with Crippen LogP contribution in [-0.2, 0) is 11.3 Å². The van der Waals surface area contributed by atoms with E-state index in [0.717, 1.165) is 70.7 Å². The van der Waals surface area contributed by atoms with Crippen LogP contribution in [0.4, 0.5) is 0 Å². The van der Waals surface area contributed by atoms with Crippen LogP contribution in [-0.4, -0.2) is 86.9 Å². The van der Waals surface area contributed by atoms with Gasteiger partial charge < -0.3 is 25.0 Å². The van der Waals surface area contributed by atoms with Crippen LogP contribution in [0.2, 0.25) is 0 Å². The van der Waals surface area contributed by atoms with Gasteiger partial charge in [-0.15, -0.1) is 0 Å². The number of ether oxygens (including phenoxy) is 2. The number of nitrogens with zero attached hydrogens (tertiary/aromatic N) is 3. The number of morpholine rings is 1. The molecule has 0 atom stereocenters. The number of benzene rings is 1. The Morgan fingerprint density at radius 2 is 1.77 bits per heavy atom. The molecule has 1 heterocycles. The van der Waals surface area contributed by atoms with Gasteiger partial charge in [-0.1, -0.05) is 26.0 Å². The molecule has 0 aliphatic carbocycles. The van der Waals surface area contributed by atoms with E-state index in [4.69, 9.17) is 14.5 Å². The lowest BCUT2D eigenvalue weighted by Crippen LogP contribution is -2.56. The molecule has 1 saturated heterocycles. The van der Waals surface area contributed by atoms with Crippen molar-refractivity contribution in [1.82, 2.24) is 20.4 Å². The lowest BCUT2D eigenvalue weighted by molar-refractivity contribution is -0.00834. The van der Waals surface area contributed by atoms with E-state index in [2.05, 4.69) is 67.2 Å². The van der Waals surface area contributed by atoms with Crippen LogP contribution in [0, 0.1) is 0 Å². The highest BCUT2D eigenvalue weighted by Crippen LogP contribution is 2.15. The molecular weight excluding hydrogens is 390 g/mol. The second kappa shape index (κ2) is 13.6. The number of hydrogen-bond acceptors (Lipinski definition) is 5. The van der Waals surface area contributed by atoms with E-state index >= 15 is 0 Å². The third kappa shape index (κ3) is 9.05. The first-order chi connectivity index (χ1) is 15.0. The van der Waals surface area contributed by atoms with Gasteiger partial charge in [0.05, 0.1) is 19.8 Å². The van der Waals surface area contributed by atoms with Gasteiger partial charge in [-0.25, -0.2) is 4.99 Å². The van der Waals surface area contributed by atoms with E-state index in [1.165, 1.54) is 5.56 Å². The fraction of sp³-hybridized carbons (Fsp3) is 0.708. The average molecular weight is 434 g/mol. The van der Waals surface area contributed by atoms with Crippen LogP contribution in [0.1, 0.15) is 40.2 Å². The molecule has 1 aliphatic heterocycles. The summed E-state index contributed by atoms with van der Waals surface area (Å²) in [6.45, 7) is 20.7. The highest BCUT2D eigenvalue weighted by Gasteiger charge is 2.28. The largest absolute Gasteiger partial charge is 0.492 e. The van der Waals surface area contributed by atoms with Crippen molar-refractivity contribution in [2.45, 2.75) is 46.7 Å². The number of aliphatic imine (C=N–C) groups is 1. The third-order valence-electron chi connectivity index (χ3n) is 5.81. The summed E-state index contributed by atoms with van der Waals surface area (Å²) in [5.41, 5.74) is 1.21. The standard InChI is InChI=1S/C24H43N5O2/c1-6-25-23(27-20-24(4,5)29-14-16-30-17-15-29)26-19-21-9-11-22(12-10-21)31-18-13-28(7-2)8-3/h9-12H,6-8,13-20H2,1-5H3,(H2,25,26,27). The van der Waals surface area contributed by atoms with Crippen LogP contribution in [0.25, 0.3) is 0 Å². The molecule has 1 aromatic carbocycles. The summed E-state index contributed by atoms with van der Waals surface area (Å²) in [7, 11) is 0. The Bertz CT molecular complexity index is 638. The normalized spacial score (nSPS) is 15.9. The zero-order valence-corrected chi connectivity index (χ0v) is 20.2. The van der Waals surface area contributed by atoms with Crippen molar-refractivity contribution in [3.8, 4) is 5.75 Å². The molecule has 1 fully saturated rings. The molecule has 176 valence electrons. The molecule has 0 spiro atoms. The minimum absolute atomic E-state index is 0.0457. The molecule has 1 aromatic rings. The Kier molecular flexibility index (Phi) is 11.1. The number of rotatable bonds is 12. The summed E-state index contributed by atoms with van der Waals surface area (Å²) >= 11 is 0. The van der Waals surface area contributed by atoms with Crippen molar-refractivity contribution >= 4 is 5.96 Å². The minimum atomic E-state index is 0.0457. The first kappa shape index (κ1) is 25.4. The van der Waals surface area contributed by atoms with Crippen LogP contribution >= 0.6 is 0 Å². The Hall–Kier alpha value is -1.83. The molecule has 0 aromatic heterocycles. The molecule has 0 radical (unpaired) electrons. The monoisotopic (exact) mass is 433 g/mol. The number of nitrogens with one attached hydrogen (secondary N) is 2. The van der Waals surface area contributed by atoms with E-state index in [0.29, 0.717) is 13.2 Å². The predicted octanol–water partition coefficient (Wildman–Crippen LogP) is 2.57. The zero-order chi connectivity index (χ0) is 22.5. The number of hydrogen-bond donors (Lipinski definition) is 2. The lowest BCUT2D eigenvalue weighted by atomic mass is 10.0. The van der Waals surface area contributed by atoms with Gasteiger partial charge in [0.1, 0.15) is 12.4 Å². The van der Waals surface area contributed by atoms with Crippen molar-refractivity contribution in [3.05, 3.63) is 29.8 Å². The van der Waals surface area contributed by atoms with Crippen molar-refractivity contribution < 1.29 is 9.47 Å². The third-order valence-corrected chi connectivity index (χ3v) is 5.81. The predicted molar refractivity (Wildman–Crippen MR) is 129 cm³/mol. The SMILES string of the molecule is CCNC(=NCc1ccc(OCCN(CC)CC)cc1)NCC(C)(C)N1CCOCC1. The summed E-state index contributed by atoms with van der Waals surface area (Å²) in [5, 5.41) is 6.87. The van der Waals surface area contributed by atoms with E-state index in [1.54, 1.807) is 0 Å². The molecule has 1 aliphatic rings. The molecular formula is C24H43N5O2. The smallest absolute Gasteiger partial charge is 0.191 e. The molecule has 2 rings (SSSR count). The minimum Gasteiger partial charge on any atom is -0.492 e. The summed E-state index contributed by atoms with van der Waals surface area (Å²) < 4.78 is 11.4. The second-order valence-corrected chi connectivity index (χ2v) is 8.48. The fourth-order valence-electron chi connectivity index (χ4n) is 3.62. The number of guanidine groups is 1. The van der Waals surface area contributed by atoms with Gasteiger partial charge in [-0.05, 0) is 51.6 Å². The topological polar surface area (TPSA) is 61.4 Å². The maximum absolute atomic E-state index is 5.88. The van der Waals surface area contributed by atoms with Gasteiger partial charge in [0, 0.05) is 38.3 Å². The van der Waals surface area contributed by atoms with Gasteiger partial charge in [0.15, 0.2) is 5.96 Å². The molecule has 0 amide bonds. The first-order valence-electron chi connectivity index (χ1n) is 11.8. The van der Waals surface area contributed by atoms with Crippen molar-refractivity contribution in [3.63, 3.8) is 0 Å².